The summed E-state index contributed by atoms with van der Waals surface area (Å²) < 4.78 is 18.2. The third kappa shape index (κ3) is 3.52. The van der Waals surface area contributed by atoms with Gasteiger partial charge in [0.25, 0.3) is 0 Å². The van der Waals surface area contributed by atoms with E-state index in [1.54, 1.807) is 17.0 Å². The number of hydrogen-bond acceptors (Lipinski definition) is 3. The van der Waals surface area contributed by atoms with Gasteiger partial charge in [0, 0.05) is 18.8 Å². The second kappa shape index (κ2) is 6.63. The molecule has 104 valence electrons. The van der Waals surface area contributed by atoms with Crippen molar-refractivity contribution in [3.05, 3.63) is 30.1 Å². The minimum absolute atomic E-state index is 0.0394. The molecule has 19 heavy (non-hydrogen) atoms. The summed E-state index contributed by atoms with van der Waals surface area (Å²) in [5.41, 5.74) is 6.22. The largest absolute Gasteiger partial charge is 0.381 e. The molecule has 0 aliphatic carbocycles. The zero-order valence-corrected chi connectivity index (χ0v) is 10.8. The topological polar surface area (TPSA) is 55.6 Å². The van der Waals surface area contributed by atoms with E-state index in [1.807, 2.05) is 0 Å². The fourth-order valence-corrected chi connectivity index (χ4v) is 2.19. The van der Waals surface area contributed by atoms with Gasteiger partial charge in [-0.3, -0.25) is 4.79 Å². The minimum atomic E-state index is -0.306. The van der Waals surface area contributed by atoms with Crippen LogP contribution in [0.5, 0.6) is 0 Å². The summed E-state index contributed by atoms with van der Waals surface area (Å²) in [6.45, 7) is 2.17. The SMILES string of the molecule is NCCCN(C(=O)C1CCOC1)c1ccc(F)cc1. The van der Waals surface area contributed by atoms with Crippen LogP contribution in [0.2, 0.25) is 0 Å². The van der Waals surface area contributed by atoms with Crippen molar-refractivity contribution in [2.45, 2.75) is 12.8 Å². The lowest BCUT2D eigenvalue weighted by Gasteiger charge is -2.25. The van der Waals surface area contributed by atoms with E-state index in [-0.39, 0.29) is 17.6 Å². The van der Waals surface area contributed by atoms with Crippen molar-refractivity contribution in [1.29, 1.82) is 0 Å². The predicted molar refractivity (Wildman–Crippen MR) is 71.4 cm³/mol. The molecule has 1 aromatic rings. The Bertz CT molecular complexity index is 416. The first-order valence-corrected chi connectivity index (χ1v) is 6.57. The first-order valence-electron chi connectivity index (χ1n) is 6.57. The van der Waals surface area contributed by atoms with Crippen LogP contribution in [0.25, 0.3) is 0 Å². The molecule has 0 saturated carbocycles. The first kappa shape index (κ1) is 14.0. The van der Waals surface area contributed by atoms with Gasteiger partial charge in [-0.05, 0) is 43.7 Å². The van der Waals surface area contributed by atoms with Crippen molar-refractivity contribution >= 4 is 11.6 Å². The molecule has 1 heterocycles. The lowest BCUT2D eigenvalue weighted by molar-refractivity contribution is -0.122. The van der Waals surface area contributed by atoms with Crippen molar-refractivity contribution in [1.82, 2.24) is 0 Å². The Labute approximate surface area is 112 Å². The van der Waals surface area contributed by atoms with Crippen LogP contribution in [0.1, 0.15) is 12.8 Å². The van der Waals surface area contributed by atoms with Gasteiger partial charge in [0.2, 0.25) is 5.91 Å². The van der Waals surface area contributed by atoms with E-state index in [2.05, 4.69) is 0 Å². The van der Waals surface area contributed by atoms with Crippen molar-refractivity contribution in [2.75, 3.05) is 31.2 Å². The molecule has 0 bridgehead atoms. The van der Waals surface area contributed by atoms with Gasteiger partial charge in [0.05, 0.1) is 12.5 Å². The Morgan fingerprint density at radius 1 is 1.42 bits per heavy atom. The van der Waals surface area contributed by atoms with E-state index in [0.29, 0.717) is 32.0 Å². The van der Waals surface area contributed by atoms with Gasteiger partial charge in [-0.25, -0.2) is 4.39 Å². The van der Waals surface area contributed by atoms with Crippen LogP contribution in [-0.4, -0.2) is 32.2 Å². The third-order valence-corrected chi connectivity index (χ3v) is 3.27. The number of nitrogens with two attached hydrogens (primary N) is 1. The molecule has 1 aliphatic heterocycles. The average Bonchev–Trinajstić information content (AvgIpc) is 2.95. The molecular weight excluding hydrogens is 247 g/mol. The van der Waals surface area contributed by atoms with Gasteiger partial charge in [-0.1, -0.05) is 0 Å². The van der Waals surface area contributed by atoms with Crippen LogP contribution >= 0.6 is 0 Å². The maximum Gasteiger partial charge on any atom is 0.232 e. The van der Waals surface area contributed by atoms with Gasteiger partial charge in [-0.15, -0.1) is 0 Å². The number of benzene rings is 1. The monoisotopic (exact) mass is 266 g/mol. The van der Waals surface area contributed by atoms with E-state index < -0.39 is 0 Å². The van der Waals surface area contributed by atoms with Gasteiger partial charge in [0.1, 0.15) is 5.82 Å². The summed E-state index contributed by atoms with van der Waals surface area (Å²) in [6.07, 6.45) is 1.47. The standard InChI is InChI=1S/C14H19FN2O2/c15-12-2-4-13(5-3-12)17(8-1-7-16)14(18)11-6-9-19-10-11/h2-5,11H,1,6-10,16H2. The summed E-state index contributed by atoms with van der Waals surface area (Å²) >= 11 is 0. The van der Waals surface area contributed by atoms with E-state index in [1.165, 1.54) is 12.1 Å². The fraction of sp³-hybridized carbons (Fsp3) is 0.500. The number of rotatable bonds is 5. The number of anilines is 1. The lowest BCUT2D eigenvalue weighted by atomic mass is 10.1. The Kier molecular flexibility index (Phi) is 4.87. The molecule has 4 nitrogen and oxygen atoms in total. The van der Waals surface area contributed by atoms with E-state index in [9.17, 15) is 9.18 Å². The number of amides is 1. The van der Waals surface area contributed by atoms with Crippen LogP contribution in [0.3, 0.4) is 0 Å². The number of carbonyl (C=O) groups is 1. The van der Waals surface area contributed by atoms with E-state index in [0.717, 1.165) is 12.8 Å². The molecule has 1 unspecified atom stereocenters. The molecule has 0 radical (unpaired) electrons. The van der Waals surface area contributed by atoms with Crippen LogP contribution in [0, 0.1) is 11.7 Å². The molecule has 2 N–H and O–H groups in total. The average molecular weight is 266 g/mol. The summed E-state index contributed by atoms with van der Waals surface area (Å²) in [4.78, 5) is 14.1. The van der Waals surface area contributed by atoms with Crippen molar-refractivity contribution in [2.24, 2.45) is 11.7 Å². The predicted octanol–water partition coefficient (Wildman–Crippen LogP) is 1.54. The summed E-state index contributed by atoms with van der Waals surface area (Å²) in [5.74, 6) is -0.362. The summed E-state index contributed by atoms with van der Waals surface area (Å²) in [5, 5.41) is 0. The number of halogens is 1. The maximum absolute atomic E-state index is 13.0. The highest BCUT2D eigenvalue weighted by Crippen LogP contribution is 2.22. The Morgan fingerprint density at radius 2 is 2.16 bits per heavy atom. The quantitative estimate of drug-likeness (QED) is 0.879. The molecule has 1 aromatic carbocycles. The Balaban J connectivity index is 2.14. The van der Waals surface area contributed by atoms with Crippen molar-refractivity contribution in [3.8, 4) is 0 Å². The first-order chi connectivity index (χ1) is 9.22. The molecule has 1 amide bonds. The highest BCUT2D eigenvalue weighted by Gasteiger charge is 2.28. The number of hydrogen-bond donors (Lipinski definition) is 1. The van der Waals surface area contributed by atoms with Gasteiger partial charge in [-0.2, -0.15) is 0 Å². The van der Waals surface area contributed by atoms with Crippen LogP contribution < -0.4 is 10.6 Å². The third-order valence-electron chi connectivity index (χ3n) is 3.27. The molecule has 2 rings (SSSR count). The van der Waals surface area contributed by atoms with Crippen molar-refractivity contribution in [3.63, 3.8) is 0 Å². The molecular formula is C14H19FN2O2. The van der Waals surface area contributed by atoms with Crippen LogP contribution in [0.15, 0.2) is 24.3 Å². The van der Waals surface area contributed by atoms with Crippen LogP contribution in [0.4, 0.5) is 10.1 Å². The normalized spacial score (nSPS) is 18.5. The fourth-order valence-electron chi connectivity index (χ4n) is 2.19. The Morgan fingerprint density at radius 3 is 2.74 bits per heavy atom. The van der Waals surface area contributed by atoms with Gasteiger partial charge >= 0.3 is 0 Å². The Hall–Kier alpha value is -1.46. The summed E-state index contributed by atoms with van der Waals surface area (Å²) in [6, 6.07) is 5.98. The zero-order valence-electron chi connectivity index (χ0n) is 10.8. The number of carbonyl (C=O) groups excluding carboxylic acids is 1. The van der Waals surface area contributed by atoms with E-state index in [4.69, 9.17) is 10.5 Å². The zero-order chi connectivity index (χ0) is 13.7. The maximum atomic E-state index is 13.0. The second-order valence-corrected chi connectivity index (χ2v) is 4.67. The molecule has 1 aliphatic rings. The molecule has 1 saturated heterocycles. The summed E-state index contributed by atoms with van der Waals surface area (Å²) in [7, 11) is 0. The number of nitrogens with zero attached hydrogens (tertiary/aromatic N) is 1. The van der Waals surface area contributed by atoms with Crippen LogP contribution in [-0.2, 0) is 9.53 Å². The van der Waals surface area contributed by atoms with Gasteiger partial charge < -0.3 is 15.4 Å². The smallest absolute Gasteiger partial charge is 0.232 e. The van der Waals surface area contributed by atoms with E-state index >= 15 is 0 Å². The highest BCUT2D eigenvalue weighted by molar-refractivity contribution is 5.95. The molecule has 0 spiro atoms. The van der Waals surface area contributed by atoms with Crippen molar-refractivity contribution < 1.29 is 13.9 Å². The molecule has 1 atom stereocenters. The highest BCUT2D eigenvalue weighted by atomic mass is 19.1. The minimum Gasteiger partial charge on any atom is -0.381 e. The molecule has 1 fully saturated rings. The molecule has 5 heteroatoms. The lowest BCUT2D eigenvalue weighted by Crippen LogP contribution is -2.38. The van der Waals surface area contributed by atoms with Gasteiger partial charge in [0.15, 0.2) is 0 Å². The number of ether oxygens (including phenoxy) is 1. The second-order valence-electron chi connectivity index (χ2n) is 4.67. The molecule has 0 aromatic heterocycles.